The summed E-state index contributed by atoms with van der Waals surface area (Å²) in [5, 5.41) is 5.03. The van der Waals surface area contributed by atoms with Crippen molar-refractivity contribution in [1.29, 1.82) is 0 Å². The number of hydrogen-bond donors (Lipinski definition) is 2. The molecule has 28 heavy (non-hydrogen) atoms. The van der Waals surface area contributed by atoms with Gasteiger partial charge in [0.15, 0.2) is 0 Å². The molecule has 0 bridgehead atoms. The van der Waals surface area contributed by atoms with Gasteiger partial charge in [-0.25, -0.2) is 0 Å². The van der Waals surface area contributed by atoms with Crippen LogP contribution in [0.5, 0.6) is 0 Å². The largest absolute Gasteiger partial charge is 0.361 e. The van der Waals surface area contributed by atoms with Crippen molar-refractivity contribution in [2.75, 3.05) is 0 Å². The minimum atomic E-state index is -0.0301. The summed E-state index contributed by atoms with van der Waals surface area (Å²) in [5.74, 6) is 0.442. The maximum absolute atomic E-state index is 12.8. The lowest BCUT2D eigenvalue weighted by molar-refractivity contribution is -0.122. The number of fused-ring (bicyclic) bond motifs is 1. The Balaban J connectivity index is 2.00. The molecule has 2 N–H and O–H groups in total. The number of H-pyrrole nitrogens is 1. The van der Waals surface area contributed by atoms with E-state index in [-0.39, 0.29) is 17.9 Å². The first kappa shape index (κ1) is 20.5. The molecule has 148 valence electrons. The molecule has 3 nitrogen and oxygen atoms in total. The van der Waals surface area contributed by atoms with Gasteiger partial charge in [0.25, 0.3) is 0 Å². The Bertz CT molecular complexity index is 943. The van der Waals surface area contributed by atoms with Crippen molar-refractivity contribution in [3.05, 3.63) is 70.4 Å². The van der Waals surface area contributed by atoms with Gasteiger partial charge in [0, 0.05) is 40.5 Å². The van der Waals surface area contributed by atoms with E-state index in [1.807, 2.05) is 24.3 Å². The van der Waals surface area contributed by atoms with E-state index < -0.39 is 0 Å². The van der Waals surface area contributed by atoms with Crippen molar-refractivity contribution >= 4 is 28.4 Å². The third kappa shape index (κ3) is 4.41. The summed E-state index contributed by atoms with van der Waals surface area (Å²) in [6.45, 7) is 8.45. The number of hydrogen-bond acceptors (Lipinski definition) is 1. The lowest BCUT2D eigenvalue weighted by Crippen LogP contribution is -2.36. The molecule has 0 radical (unpaired) electrons. The molecular weight excluding hydrogens is 368 g/mol. The van der Waals surface area contributed by atoms with Gasteiger partial charge in [-0.15, -0.1) is 0 Å². The molecule has 0 aliphatic rings. The Morgan fingerprint density at radius 1 is 1.11 bits per heavy atom. The molecule has 1 heterocycles. The van der Waals surface area contributed by atoms with Crippen molar-refractivity contribution in [3.8, 4) is 0 Å². The molecule has 3 aromatic rings. The van der Waals surface area contributed by atoms with Crippen molar-refractivity contribution in [3.63, 3.8) is 0 Å². The van der Waals surface area contributed by atoms with Gasteiger partial charge >= 0.3 is 0 Å². The highest BCUT2D eigenvalue weighted by atomic mass is 35.5. The fourth-order valence-corrected chi connectivity index (χ4v) is 3.72. The van der Waals surface area contributed by atoms with Gasteiger partial charge in [-0.05, 0) is 48.1 Å². The minimum Gasteiger partial charge on any atom is -0.361 e. The predicted molar refractivity (Wildman–Crippen MR) is 118 cm³/mol. The lowest BCUT2D eigenvalue weighted by atomic mass is 9.87. The smallest absolute Gasteiger partial charge is 0.221 e. The predicted octanol–water partition coefficient (Wildman–Crippen LogP) is 6.07. The second kappa shape index (κ2) is 8.83. The number of carbonyl (C=O) groups is 1. The quantitative estimate of drug-likeness (QED) is 0.500. The van der Waals surface area contributed by atoms with Gasteiger partial charge in [0.1, 0.15) is 0 Å². The summed E-state index contributed by atoms with van der Waals surface area (Å²) >= 11 is 6.10. The maximum atomic E-state index is 12.8. The zero-order valence-electron chi connectivity index (χ0n) is 17.1. The third-order valence-corrected chi connectivity index (χ3v) is 5.89. The number of benzene rings is 2. The number of aromatic nitrogens is 1. The first-order valence-electron chi connectivity index (χ1n) is 10.0. The zero-order chi connectivity index (χ0) is 20.3. The molecule has 0 saturated carbocycles. The molecule has 0 fully saturated rings. The number of rotatable bonds is 7. The van der Waals surface area contributed by atoms with Crippen LogP contribution in [0, 0.1) is 5.92 Å². The van der Waals surface area contributed by atoms with Crippen molar-refractivity contribution in [2.24, 2.45) is 5.92 Å². The zero-order valence-corrected chi connectivity index (χ0v) is 17.8. The van der Waals surface area contributed by atoms with Crippen LogP contribution in [0.2, 0.25) is 5.02 Å². The van der Waals surface area contributed by atoms with Gasteiger partial charge < -0.3 is 10.3 Å². The average Bonchev–Trinajstić information content (AvgIpc) is 3.10. The standard InChI is InChI=1S/C24H29ClN2O/c1-5-17-7-6-8-20-22(14-26-24(17)20)21(18-9-11-19(25)12-10-18)13-23(28)27-16(4)15(2)3/h6-12,14-16,21,26H,5,13H2,1-4H3,(H,27,28)/t16-,21-/m1/s1. The van der Waals surface area contributed by atoms with Crippen molar-refractivity contribution < 1.29 is 4.79 Å². The number of nitrogens with one attached hydrogen (secondary N) is 2. The highest BCUT2D eigenvalue weighted by Gasteiger charge is 2.23. The van der Waals surface area contributed by atoms with Crippen LogP contribution in [0.1, 0.15) is 56.7 Å². The SMILES string of the molecule is CCc1cccc2c([C@H](CC(=O)N[C@H](C)C(C)C)c3ccc(Cl)cc3)c[nH]c12. The van der Waals surface area contributed by atoms with E-state index >= 15 is 0 Å². The molecule has 0 unspecified atom stereocenters. The number of para-hydroxylation sites is 1. The van der Waals surface area contributed by atoms with Crippen LogP contribution in [0.15, 0.2) is 48.7 Å². The third-order valence-electron chi connectivity index (χ3n) is 5.64. The van der Waals surface area contributed by atoms with Crippen LogP contribution in [-0.4, -0.2) is 16.9 Å². The van der Waals surface area contributed by atoms with Gasteiger partial charge in [0.2, 0.25) is 5.91 Å². The topological polar surface area (TPSA) is 44.9 Å². The van der Waals surface area contributed by atoms with E-state index in [2.05, 4.69) is 62.4 Å². The summed E-state index contributed by atoms with van der Waals surface area (Å²) in [4.78, 5) is 16.3. The Kier molecular flexibility index (Phi) is 6.46. The molecule has 0 saturated heterocycles. The maximum Gasteiger partial charge on any atom is 0.221 e. The fraction of sp³-hybridized carbons (Fsp3) is 0.375. The van der Waals surface area contributed by atoms with E-state index in [0.29, 0.717) is 17.4 Å². The van der Waals surface area contributed by atoms with Crippen LogP contribution >= 0.6 is 11.6 Å². The van der Waals surface area contributed by atoms with Gasteiger partial charge in [-0.3, -0.25) is 4.79 Å². The molecule has 3 rings (SSSR count). The molecule has 1 aromatic heterocycles. The van der Waals surface area contributed by atoms with Crippen LogP contribution in [-0.2, 0) is 11.2 Å². The van der Waals surface area contributed by atoms with E-state index in [4.69, 9.17) is 11.6 Å². The average molecular weight is 397 g/mol. The lowest BCUT2D eigenvalue weighted by Gasteiger charge is -2.21. The molecule has 0 aliphatic carbocycles. The Morgan fingerprint density at radius 3 is 2.46 bits per heavy atom. The summed E-state index contributed by atoms with van der Waals surface area (Å²) in [6, 6.07) is 14.4. The first-order chi connectivity index (χ1) is 13.4. The van der Waals surface area contributed by atoms with Crippen molar-refractivity contribution in [2.45, 2.75) is 52.5 Å². The highest BCUT2D eigenvalue weighted by Crippen LogP contribution is 2.35. The molecule has 0 aliphatic heterocycles. The molecule has 4 heteroatoms. The van der Waals surface area contributed by atoms with E-state index in [0.717, 1.165) is 23.1 Å². The second-order valence-corrected chi connectivity index (χ2v) is 8.28. The summed E-state index contributed by atoms with van der Waals surface area (Å²) < 4.78 is 0. The van der Waals surface area contributed by atoms with Crippen LogP contribution in [0.25, 0.3) is 10.9 Å². The normalized spacial score (nSPS) is 13.6. The number of aromatic amines is 1. The Morgan fingerprint density at radius 2 is 1.82 bits per heavy atom. The summed E-state index contributed by atoms with van der Waals surface area (Å²) in [5.41, 5.74) is 4.70. The van der Waals surface area contributed by atoms with Crippen molar-refractivity contribution in [1.82, 2.24) is 10.3 Å². The number of aryl methyl sites for hydroxylation is 1. The summed E-state index contributed by atoms with van der Waals surface area (Å²) in [7, 11) is 0. The van der Waals surface area contributed by atoms with Crippen LogP contribution in [0.3, 0.4) is 0 Å². The van der Waals surface area contributed by atoms with Gasteiger partial charge in [-0.1, -0.05) is 62.7 Å². The van der Waals surface area contributed by atoms with Crippen LogP contribution < -0.4 is 5.32 Å². The van der Waals surface area contributed by atoms with E-state index in [9.17, 15) is 4.79 Å². The molecule has 0 spiro atoms. The molecular formula is C24H29ClN2O. The highest BCUT2D eigenvalue weighted by molar-refractivity contribution is 6.30. The Hall–Kier alpha value is -2.26. The number of carbonyl (C=O) groups excluding carboxylic acids is 1. The van der Waals surface area contributed by atoms with Gasteiger partial charge in [0.05, 0.1) is 0 Å². The number of halogens is 1. The Labute approximate surface area is 172 Å². The van der Waals surface area contributed by atoms with Crippen LogP contribution in [0.4, 0.5) is 0 Å². The molecule has 2 atom stereocenters. The van der Waals surface area contributed by atoms with E-state index in [1.165, 1.54) is 10.9 Å². The number of amides is 1. The fourth-order valence-electron chi connectivity index (χ4n) is 3.59. The summed E-state index contributed by atoms with van der Waals surface area (Å²) in [6.07, 6.45) is 3.43. The first-order valence-corrected chi connectivity index (χ1v) is 10.4. The monoisotopic (exact) mass is 396 g/mol. The van der Waals surface area contributed by atoms with E-state index in [1.54, 1.807) is 0 Å². The molecule has 2 aromatic carbocycles. The minimum absolute atomic E-state index is 0.0301. The molecule has 1 amide bonds. The van der Waals surface area contributed by atoms with Gasteiger partial charge in [-0.2, -0.15) is 0 Å². The second-order valence-electron chi connectivity index (χ2n) is 7.85.